The number of benzene rings is 3. The minimum atomic E-state index is -4.14. The Morgan fingerprint density at radius 1 is 0.925 bits per heavy atom. The molecule has 214 valence electrons. The molecule has 0 aliphatic rings. The van der Waals surface area contributed by atoms with Crippen LogP contribution in [0.25, 0.3) is 0 Å². The van der Waals surface area contributed by atoms with Crippen molar-refractivity contribution in [2.75, 3.05) is 17.4 Å². The van der Waals surface area contributed by atoms with Crippen LogP contribution in [0.3, 0.4) is 0 Å². The third kappa shape index (κ3) is 8.08. The third-order valence-corrected chi connectivity index (χ3v) is 8.66. The van der Waals surface area contributed by atoms with Gasteiger partial charge in [-0.3, -0.25) is 13.9 Å². The summed E-state index contributed by atoms with van der Waals surface area (Å²) in [6.07, 6.45) is 2.13. The fourth-order valence-electron chi connectivity index (χ4n) is 4.48. The van der Waals surface area contributed by atoms with Gasteiger partial charge in [-0.25, -0.2) is 8.42 Å². The maximum Gasteiger partial charge on any atom is 0.264 e. The van der Waals surface area contributed by atoms with E-state index in [4.69, 9.17) is 11.6 Å². The number of anilines is 1. The average molecular weight is 584 g/mol. The van der Waals surface area contributed by atoms with Crippen molar-refractivity contribution < 1.29 is 18.0 Å². The molecule has 0 aliphatic heterocycles. The molecule has 9 heteroatoms. The molecule has 3 aromatic rings. The molecule has 1 N–H and O–H groups in total. The van der Waals surface area contributed by atoms with E-state index in [0.717, 1.165) is 33.8 Å². The van der Waals surface area contributed by atoms with Gasteiger partial charge in [0.2, 0.25) is 11.8 Å². The van der Waals surface area contributed by atoms with Crippen molar-refractivity contribution in [1.82, 2.24) is 10.2 Å². The van der Waals surface area contributed by atoms with Crippen LogP contribution in [0.1, 0.15) is 49.8 Å². The summed E-state index contributed by atoms with van der Waals surface area (Å²) in [6.45, 7) is 7.92. The first-order valence-electron chi connectivity index (χ1n) is 13.5. The summed E-state index contributed by atoms with van der Waals surface area (Å²) in [5, 5.41) is 3.35. The molecule has 40 heavy (non-hydrogen) atoms. The molecule has 0 bridgehead atoms. The van der Waals surface area contributed by atoms with Gasteiger partial charge >= 0.3 is 0 Å². The number of nitrogens with one attached hydrogen (secondary N) is 1. The molecule has 3 rings (SSSR count). The van der Waals surface area contributed by atoms with Gasteiger partial charge in [-0.05, 0) is 74.2 Å². The van der Waals surface area contributed by atoms with Gasteiger partial charge in [0, 0.05) is 18.1 Å². The highest BCUT2D eigenvalue weighted by atomic mass is 35.5. The number of carbonyl (C=O) groups is 2. The second-order valence-electron chi connectivity index (χ2n) is 9.88. The fraction of sp³-hybridized carbons (Fsp3) is 0.355. The van der Waals surface area contributed by atoms with Crippen LogP contribution in [0.5, 0.6) is 0 Å². The molecular formula is C31H38ClN3O4S. The highest BCUT2D eigenvalue weighted by Crippen LogP contribution is 2.26. The van der Waals surface area contributed by atoms with Crippen LogP contribution in [-0.2, 0) is 26.2 Å². The van der Waals surface area contributed by atoms with Crippen molar-refractivity contribution >= 4 is 39.1 Å². The number of rotatable bonds is 13. The zero-order chi connectivity index (χ0) is 29.3. The highest BCUT2D eigenvalue weighted by molar-refractivity contribution is 7.92. The molecule has 0 saturated carbocycles. The van der Waals surface area contributed by atoms with E-state index < -0.39 is 28.5 Å². The molecule has 0 aromatic heterocycles. The van der Waals surface area contributed by atoms with Crippen LogP contribution >= 0.6 is 11.6 Å². The van der Waals surface area contributed by atoms with Crippen molar-refractivity contribution in [3.05, 3.63) is 94.5 Å². The van der Waals surface area contributed by atoms with Crippen molar-refractivity contribution in [3.8, 4) is 0 Å². The lowest BCUT2D eigenvalue weighted by Crippen LogP contribution is -2.52. The number of nitrogens with zero attached hydrogens (tertiary/aromatic N) is 2. The highest BCUT2D eigenvalue weighted by Gasteiger charge is 2.33. The Balaban J connectivity index is 2.04. The van der Waals surface area contributed by atoms with Crippen LogP contribution in [0, 0.1) is 13.8 Å². The van der Waals surface area contributed by atoms with E-state index in [2.05, 4.69) is 5.32 Å². The summed E-state index contributed by atoms with van der Waals surface area (Å²) in [5.41, 5.74) is 3.09. The molecular weight excluding hydrogens is 546 g/mol. The Kier molecular flexibility index (Phi) is 11.2. The molecule has 0 spiro atoms. The molecule has 0 radical (unpaired) electrons. The van der Waals surface area contributed by atoms with Gasteiger partial charge in [0.15, 0.2) is 0 Å². The number of aryl methyl sites for hydroxylation is 2. The van der Waals surface area contributed by atoms with Crippen LogP contribution in [0.2, 0.25) is 5.02 Å². The molecule has 0 saturated heterocycles. The van der Waals surface area contributed by atoms with E-state index in [1.165, 1.54) is 29.2 Å². The summed E-state index contributed by atoms with van der Waals surface area (Å²) in [6, 6.07) is 19.8. The van der Waals surface area contributed by atoms with Crippen molar-refractivity contribution in [2.24, 2.45) is 0 Å². The Morgan fingerprint density at radius 2 is 1.57 bits per heavy atom. The largest absolute Gasteiger partial charge is 0.354 e. The first-order chi connectivity index (χ1) is 19.1. The van der Waals surface area contributed by atoms with Crippen molar-refractivity contribution in [2.45, 2.75) is 64.4 Å². The van der Waals surface area contributed by atoms with Gasteiger partial charge in [0.25, 0.3) is 10.0 Å². The number of hydrogen-bond acceptors (Lipinski definition) is 4. The number of amides is 2. The fourth-order valence-corrected chi connectivity index (χ4v) is 6.01. The Labute approximate surface area is 243 Å². The lowest BCUT2D eigenvalue weighted by Gasteiger charge is -2.33. The monoisotopic (exact) mass is 583 g/mol. The van der Waals surface area contributed by atoms with Gasteiger partial charge in [-0.1, -0.05) is 73.8 Å². The maximum absolute atomic E-state index is 14.1. The van der Waals surface area contributed by atoms with E-state index >= 15 is 0 Å². The molecule has 1 atom stereocenters. The van der Waals surface area contributed by atoms with E-state index in [0.29, 0.717) is 23.7 Å². The summed E-state index contributed by atoms with van der Waals surface area (Å²) in [5.74, 6) is -0.724. The topological polar surface area (TPSA) is 86.8 Å². The number of unbranched alkanes of at least 4 members (excludes halogenated alkanes) is 1. The van der Waals surface area contributed by atoms with Gasteiger partial charge in [-0.2, -0.15) is 0 Å². The van der Waals surface area contributed by atoms with E-state index in [1.54, 1.807) is 18.2 Å². The lowest BCUT2D eigenvalue weighted by atomic mass is 10.1. The second-order valence-corrected chi connectivity index (χ2v) is 12.2. The predicted octanol–water partition coefficient (Wildman–Crippen LogP) is 5.88. The van der Waals surface area contributed by atoms with Crippen molar-refractivity contribution in [1.29, 1.82) is 0 Å². The van der Waals surface area contributed by atoms with Crippen molar-refractivity contribution in [3.63, 3.8) is 0 Å². The zero-order valence-electron chi connectivity index (χ0n) is 23.6. The SMILES string of the molecule is CCCCNC(=O)[C@@H](CC)N(Cc1cccc(C)c1)C(=O)CN(c1cccc(C)c1)S(=O)(=O)c1ccc(Cl)cc1. The first kappa shape index (κ1) is 31.2. The molecule has 0 heterocycles. The van der Waals surface area contributed by atoms with E-state index in [9.17, 15) is 18.0 Å². The average Bonchev–Trinajstić information content (AvgIpc) is 2.91. The van der Waals surface area contributed by atoms with Crippen LogP contribution in [-0.4, -0.2) is 44.3 Å². The van der Waals surface area contributed by atoms with Crippen LogP contribution in [0.15, 0.2) is 77.7 Å². The Hall–Kier alpha value is -3.36. The minimum Gasteiger partial charge on any atom is -0.354 e. The molecule has 0 fully saturated rings. The quantitative estimate of drug-likeness (QED) is 0.255. The summed E-state index contributed by atoms with van der Waals surface area (Å²) in [7, 11) is -4.14. The Morgan fingerprint density at radius 3 is 2.17 bits per heavy atom. The molecule has 0 aliphatic carbocycles. The number of hydrogen-bond donors (Lipinski definition) is 1. The molecule has 2 amide bonds. The normalized spacial score (nSPS) is 12.0. The van der Waals surface area contributed by atoms with E-state index in [-0.39, 0.29) is 17.3 Å². The first-order valence-corrected chi connectivity index (χ1v) is 15.4. The predicted molar refractivity (Wildman–Crippen MR) is 161 cm³/mol. The summed E-state index contributed by atoms with van der Waals surface area (Å²) < 4.78 is 28.9. The summed E-state index contributed by atoms with van der Waals surface area (Å²) in [4.78, 5) is 28.9. The second kappa shape index (κ2) is 14.3. The zero-order valence-corrected chi connectivity index (χ0v) is 25.1. The van der Waals surface area contributed by atoms with Gasteiger partial charge in [0.1, 0.15) is 12.6 Å². The maximum atomic E-state index is 14.1. The smallest absolute Gasteiger partial charge is 0.264 e. The summed E-state index contributed by atoms with van der Waals surface area (Å²) >= 11 is 6.01. The third-order valence-electron chi connectivity index (χ3n) is 6.62. The van der Waals surface area contributed by atoms with Crippen LogP contribution < -0.4 is 9.62 Å². The van der Waals surface area contributed by atoms with Gasteiger partial charge in [-0.15, -0.1) is 0 Å². The lowest BCUT2D eigenvalue weighted by molar-refractivity contribution is -0.140. The number of halogens is 1. The minimum absolute atomic E-state index is 0.0146. The standard InChI is InChI=1S/C31H38ClN3O4S/c1-5-7-18-33-31(37)29(6-2)34(21-25-12-8-10-23(3)19-25)30(36)22-35(27-13-9-11-24(4)20-27)40(38,39)28-16-14-26(32)15-17-28/h8-17,19-20,29H,5-7,18,21-22H2,1-4H3,(H,33,37)/t29-/m1/s1. The Bertz CT molecular complexity index is 1410. The van der Waals surface area contributed by atoms with Crippen LogP contribution in [0.4, 0.5) is 5.69 Å². The number of sulfonamides is 1. The van der Waals surface area contributed by atoms with Gasteiger partial charge < -0.3 is 10.2 Å². The molecule has 0 unspecified atom stereocenters. The molecule has 7 nitrogen and oxygen atoms in total. The number of carbonyl (C=O) groups excluding carboxylic acids is 2. The van der Waals surface area contributed by atoms with E-state index in [1.807, 2.05) is 58.0 Å². The molecule has 3 aromatic carbocycles. The van der Waals surface area contributed by atoms with Gasteiger partial charge in [0.05, 0.1) is 10.6 Å².